The number of esters is 1. The molecular formula is C14H22O3. The third-order valence-corrected chi connectivity index (χ3v) is 4.04. The van der Waals surface area contributed by atoms with Gasteiger partial charge in [0, 0.05) is 6.08 Å². The van der Waals surface area contributed by atoms with Gasteiger partial charge in [-0.25, -0.2) is 4.79 Å². The van der Waals surface area contributed by atoms with Crippen molar-refractivity contribution in [2.24, 2.45) is 17.8 Å². The molecule has 4 atom stereocenters. The SMILES string of the molecule is CC(C)[C@@H]1CC[C@@H](C)[C@@H](O[C@H]2C=CC(=O)O2)C1. The lowest BCUT2D eigenvalue weighted by Crippen LogP contribution is -2.35. The Morgan fingerprint density at radius 1 is 1.41 bits per heavy atom. The Kier molecular flexibility index (Phi) is 3.87. The maximum atomic E-state index is 11.0. The van der Waals surface area contributed by atoms with E-state index >= 15 is 0 Å². The number of hydrogen-bond acceptors (Lipinski definition) is 3. The summed E-state index contributed by atoms with van der Waals surface area (Å²) in [5, 5.41) is 0. The van der Waals surface area contributed by atoms with Gasteiger partial charge in [-0.3, -0.25) is 0 Å². The first kappa shape index (κ1) is 12.6. The molecule has 1 saturated carbocycles. The van der Waals surface area contributed by atoms with Crippen LogP contribution in [0.3, 0.4) is 0 Å². The highest BCUT2D eigenvalue weighted by atomic mass is 16.7. The molecule has 0 spiro atoms. The molecule has 3 nitrogen and oxygen atoms in total. The smallest absolute Gasteiger partial charge is 0.333 e. The van der Waals surface area contributed by atoms with Crippen molar-refractivity contribution >= 4 is 5.97 Å². The second-order valence-electron chi connectivity index (χ2n) is 5.63. The fourth-order valence-electron chi connectivity index (χ4n) is 2.70. The van der Waals surface area contributed by atoms with Crippen molar-refractivity contribution in [3.05, 3.63) is 12.2 Å². The molecule has 0 aromatic rings. The lowest BCUT2D eigenvalue weighted by molar-refractivity contribution is -0.176. The van der Waals surface area contributed by atoms with Crippen molar-refractivity contribution in [2.45, 2.75) is 52.4 Å². The van der Waals surface area contributed by atoms with E-state index in [4.69, 9.17) is 9.47 Å². The summed E-state index contributed by atoms with van der Waals surface area (Å²) in [6.45, 7) is 6.77. The van der Waals surface area contributed by atoms with Gasteiger partial charge in [0.25, 0.3) is 0 Å². The molecule has 0 aromatic carbocycles. The normalized spacial score (nSPS) is 37.5. The third-order valence-electron chi connectivity index (χ3n) is 4.04. The summed E-state index contributed by atoms with van der Waals surface area (Å²) in [5.41, 5.74) is 0. The zero-order chi connectivity index (χ0) is 12.4. The monoisotopic (exact) mass is 238 g/mol. The Morgan fingerprint density at radius 3 is 2.76 bits per heavy atom. The molecule has 96 valence electrons. The number of carbonyl (C=O) groups is 1. The molecule has 0 radical (unpaired) electrons. The average molecular weight is 238 g/mol. The summed E-state index contributed by atoms with van der Waals surface area (Å²) in [6.07, 6.45) is 6.49. The summed E-state index contributed by atoms with van der Waals surface area (Å²) in [5.74, 6) is 1.70. The van der Waals surface area contributed by atoms with Gasteiger partial charge in [-0.2, -0.15) is 0 Å². The third kappa shape index (κ3) is 3.09. The minimum absolute atomic E-state index is 0.219. The first-order valence-corrected chi connectivity index (χ1v) is 6.60. The lowest BCUT2D eigenvalue weighted by atomic mass is 9.76. The van der Waals surface area contributed by atoms with E-state index in [1.807, 2.05) is 0 Å². The van der Waals surface area contributed by atoms with E-state index in [1.54, 1.807) is 6.08 Å². The van der Waals surface area contributed by atoms with Gasteiger partial charge in [0.1, 0.15) is 0 Å². The average Bonchev–Trinajstić information content (AvgIpc) is 2.67. The highest BCUT2D eigenvalue weighted by Gasteiger charge is 2.32. The Labute approximate surface area is 103 Å². The van der Waals surface area contributed by atoms with Crippen LogP contribution in [0.5, 0.6) is 0 Å². The number of ether oxygens (including phenoxy) is 2. The Bertz CT molecular complexity index is 309. The van der Waals surface area contributed by atoms with E-state index in [9.17, 15) is 4.79 Å². The van der Waals surface area contributed by atoms with Crippen molar-refractivity contribution in [3.63, 3.8) is 0 Å². The van der Waals surface area contributed by atoms with Crippen LogP contribution in [-0.2, 0) is 14.3 Å². The molecule has 0 bridgehead atoms. The van der Waals surface area contributed by atoms with Crippen LogP contribution in [0.1, 0.15) is 40.0 Å². The molecule has 1 fully saturated rings. The second kappa shape index (κ2) is 5.21. The molecule has 3 heteroatoms. The van der Waals surface area contributed by atoms with Crippen LogP contribution in [0.4, 0.5) is 0 Å². The molecule has 0 N–H and O–H groups in total. The van der Waals surface area contributed by atoms with Crippen molar-refractivity contribution < 1.29 is 14.3 Å². The molecule has 2 rings (SSSR count). The van der Waals surface area contributed by atoms with Crippen LogP contribution in [0, 0.1) is 17.8 Å². The first-order valence-electron chi connectivity index (χ1n) is 6.60. The number of cyclic esters (lactones) is 1. The molecule has 0 amide bonds. The topological polar surface area (TPSA) is 35.5 Å². The molecule has 17 heavy (non-hydrogen) atoms. The second-order valence-corrected chi connectivity index (χ2v) is 5.63. The molecule has 1 aliphatic carbocycles. The van der Waals surface area contributed by atoms with Crippen LogP contribution >= 0.6 is 0 Å². The summed E-state index contributed by atoms with van der Waals surface area (Å²) in [6, 6.07) is 0. The molecule has 1 aliphatic heterocycles. The van der Waals surface area contributed by atoms with Crippen molar-refractivity contribution in [2.75, 3.05) is 0 Å². The zero-order valence-electron chi connectivity index (χ0n) is 10.9. The Balaban J connectivity index is 1.89. The fourth-order valence-corrected chi connectivity index (χ4v) is 2.70. The van der Waals surface area contributed by atoms with Crippen LogP contribution in [-0.4, -0.2) is 18.4 Å². The number of hydrogen-bond donors (Lipinski definition) is 0. The van der Waals surface area contributed by atoms with Gasteiger partial charge in [-0.15, -0.1) is 0 Å². The summed E-state index contributed by atoms with van der Waals surface area (Å²) >= 11 is 0. The maximum absolute atomic E-state index is 11.0. The van der Waals surface area contributed by atoms with Gasteiger partial charge < -0.3 is 9.47 Å². The van der Waals surface area contributed by atoms with Crippen molar-refractivity contribution in [1.82, 2.24) is 0 Å². The zero-order valence-corrected chi connectivity index (χ0v) is 10.9. The minimum atomic E-state index is -0.458. The van der Waals surface area contributed by atoms with Gasteiger partial charge in [0.15, 0.2) is 0 Å². The van der Waals surface area contributed by atoms with E-state index in [0.717, 1.165) is 12.3 Å². The summed E-state index contributed by atoms with van der Waals surface area (Å²) < 4.78 is 10.9. The Morgan fingerprint density at radius 2 is 2.18 bits per heavy atom. The molecule has 0 aromatic heterocycles. The van der Waals surface area contributed by atoms with Crippen LogP contribution in [0.15, 0.2) is 12.2 Å². The fraction of sp³-hybridized carbons (Fsp3) is 0.786. The van der Waals surface area contributed by atoms with Crippen LogP contribution in [0.2, 0.25) is 0 Å². The largest absolute Gasteiger partial charge is 0.429 e. The number of carbonyl (C=O) groups excluding carboxylic acids is 1. The van der Waals surface area contributed by atoms with E-state index in [2.05, 4.69) is 20.8 Å². The van der Waals surface area contributed by atoms with Gasteiger partial charge >= 0.3 is 5.97 Å². The van der Waals surface area contributed by atoms with E-state index in [-0.39, 0.29) is 12.1 Å². The van der Waals surface area contributed by atoms with Gasteiger partial charge in [0.05, 0.1) is 6.10 Å². The lowest BCUT2D eigenvalue weighted by Gasteiger charge is -2.36. The van der Waals surface area contributed by atoms with Crippen LogP contribution in [0.25, 0.3) is 0 Å². The Hall–Kier alpha value is -0.830. The predicted octanol–water partition coefficient (Wildman–Crippen LogP) is 2.90. The van der Waals surface area contributed by atoms with Crippen molar-refractivity contribution in [1.29, 1.82) is 0 Å². The molecule has 1 heterocycles. The molecular weight excluding hydrogens is 216 g/mol. The molecule has 0 saturated heterocycles. The molecule has 2 aliphatic rings. The van der Waals surface area contributed by atoms with E-state index in [0.29, 0.717) is 11.8 Å². The van der Waals surface area contributed by atoms with Gasteiger partial charge in [0.2, 0.25) is 6.29 Å². The first-order chi connectivity index (χ1) is 8.06. The minimum Gasteiger partial charge on any atom is -0.429 e. The predicted molar refractivity (Wildman–Crippen MR) is 65.2 cm³/mol. The van der Waals surface area contributed by atoms with Gasteiger partial charge in [-0.05, 0) is 43.1 Å². The standard InChI is InChI=1S/C14H22O3/c1-9(2)11-5-4-10(3)12(8-11)16-14-7-6-13(15)17-14/h6-7,9-12,14H,4-5,8H2,1-3H3/t10-,11-,12+,14-/m1/s1. The quantitative estimate of drug-likeness (QED) is 0.709. The number of rotatable bonds is 3. The molecule has 0 unspecified atom stereocenters. The maximum Gasteiger partial charge on any atom is 0.333 e. The van der Waals surface area contributed by atoms with E-state index in [1.165, 1.54) is 18.9 Å². The highest BCUT2D eigenvalue weighted by molar-refractivity contribution is 5.84. The summed E-state index contributed by atoms with van der Waals surface area (Å²) in [7, 11) is 0. The van der Waals surface area contributed by atoms with Gasteiger partial charge in [-0.1, -0.05) is 20.8 Å². The van der Waals surface area contributed by atoms with E-state index < -0.39 is 6.29 Å². The highest BCUT2D eigenvalue weighted by Crippen LogP contribution is 2.35. The summed E-state index contributed by atoms with van der Waals surface area (Å²) in [4.78, 5) is 11.0. The van der Waals surface area contributed by atoms with Crippen LogP contribution < -0.4 is 0 Å². The van der Waals surface area contributed by atoms with Crippen molar-refractivity contribution in [3.8, 4) is 0 Å².